The summed E-state index contributed by atoms with van der Waals surface area (Å²) >= 11 is 0. The lowest BCUT2D eigenvalue weighted by molar-refractivity contribution is 0.183. The molecule has 1 atom stereocenters. The second kappa shape index (κ2) is 6.77. The number of fused-ring (bicyclic) bond motifs is 1. The lowest BCUT2D eigenvalue weighted by Crippen LogP contribution is -2.31. The van der Waals surface area contributed by atoms with Crippen LogP contribution in [-0.2, 0) is 27.7 Å². The summed E-state index contributed by atoms with van der Waals surface area (Å²) in [6.07, 6.45) is 7.49. The molecule has 0 aromatic carbocycles. The van der Waals surface area contributed by atoms with Crippen LogP contribution in [0.25, 0.3) is 0 Å². The second-order valence-corrected chi connectivity index (χ2v) is 7.26. The number of methoxy groups -OCH3 is 1. The molecule has 0 amide bonds. The molecule has 1 aliphatic carbocycles. The van der Waals surface area contributed by atoms with E-state index in [-0.39, 0.29) is 10.9 Å². The molecule has 0 aliphatic heterocycles. The smallest absolute Gasteiger partial charge is 0.242 e. The van der Waals surface area contributed by atoms with Gasteiger partial charge in [-0.3, -0.25) is 9.67 Å². The van der Waals surface area contributed by atoms with Gasteiger partial charge in [0.15, 0.2) is 0 Å². The predicted molar refractivity (Wildman–Crippen MR) is 84.3 cm³/mol. The quantitative estimate of drug-likeness (QED) is 0.859. The number of nitrogens with zero attached hydrogens (tertiary/aromatic N) is 3. The van der Waals surface area contributed by atoms with Crippen molar-refractivity contribution in [1.29, 1.82) is 0 Å². The van der Waals surface area contributed by atoms with Crippen molar-refractivity contribution < 1.29 is 13.2 Å². The van der Waals surface area contributed by atoms with Crippen LogP contribution >= 0.6 is 0 Å². The number of aromatic nitrogens is 3. The Hall–Kier alpha value is -1.77. The van der Waals surface area contributed by atoms with E-state index in [1.54, 1.807) is 19.4 Å². The summed E-state index contributed by atoms with van der Waals surface area (Å²) in [6.45, 7) is 1.23. The zero-order valence-electron chi connectivity index (χ0n) is 13.0. The topological polar surface area (TPSA) is 86.1 Å². The fourth-order valence-electron chi connectivity index (χ4n) is 2.77. The largest absolute Gasteiger partial charge is 0.383 e. The molecule has 7 nitrogen and oxygen atoms in total. The molecule has 0 spiro atoms. The summed E-state index contributed by atoms with van der Waals surface area (Å²) in [5, 5.41) is 4.54. The van der Waals surface area contributed by atoms with Crippen molar-refractivity contribution >= 4 is 10.0 Å². The van der Waals surface area contributed by atoms with Crippen LogP contribution in [0.1, 0.15) is 30.1 Å². The Morgan fingerprint density at radius 1 is 1.48 bits per heavy atom. The molecular formula is C15H20N4O3S. The van der Waals surface area contributed by atoms with Crippen LogP contribution in [0.2, 0.25) is 0 Å². The van der Waals surface area contributed by atoms with Crippen LogP contribution < -0.4 is 4.72 Å². The van der Waals surface area contributed by atoms with Gasteiger partial charge in [-0.2, -0.15) is 5.10 Å². The Morgan fingerprint density at radius 2 is 2.35 bits per heavy atom. The molecular weight excluding hydrogens is 316 g/mol. The van der Waals surface area contributed by atoms with E-state index in [0.717, 1.165) is 30.5 Å². The molecule has 2 aromatic rings. The number of rotatable bonds is 6. The lowest BCUT2D eigenvalue weighted by atomic mass is 9.94. The first-order chi connectivity index (χ1) is 11.1. The van der Waals surface area contributed by atoms with Gasteiger partial charge in [-0.15, -0.1) is 0 Å². The number of ether oxygens (including phenoxy) is 1. The number of hydrogen-bond donors (Lipinski definition) is 1. The zero-order valence-corrected chi connectivity index (χ0v) is 13.8. The summed E-state index contributed by atoms with van der Waals surface area (Å²) in [5.74, 6) is 0. The summed E-state index contributed by atoms with van der Waals surface area (Å²) in [4.78, 5) is 4.05. The van der Waals surface area contributed by atoms with Gasteiger partial charge in [0.05, 0.1) is 24.9 Å². The van der Waals surface area contributed by atoms with Crippen LogP contribution in [0.5, 0.6) is 0 Å². The third-order valence-electron chi connectivity index (χ3n) is 3.91. The average molecular weight is 336 g/mol. The maximum absolute atomic E-state index is 12.5. The minimum Gasteiger partial charge on any atom is -0.383 e. The van der Waals surface area contributed by atoms with Gasteiger partial charge in [0.1, 0.15) is 4.90 Å². The van der Waals surface area contributed by atoms with Crippen molar-refractivity contribution in [3.8, 4) is 0 Å². The number of sulfonamides is 1. The molecule has 0 saturated carbocycles. The Kier molecular flexibility index (Phi) is 4.74. The summed E-state index contributed by atoms with van der Waals surface area (Å²) in [5.41, 5.74) is 1.92. The minimum absolute atomic E-state index is 0.172. The van der Waals surface area contributed by atoms with Gasteiger partial charge < -0.3 is 4.74 Å². The normalized spacial score (nSPS) is 17.9. The van der Waals surface area contributed by atoms with Gasteiger partial charge in [-0.25, -0.2) is 13.1 Å². The predicted octanol–water partition coefficient (Wildman–Crippen LogP) is 1.28. The van der Waals surface area contributed by atoms with E-state index in [0.29, 0.717) is 13.2 Å². The van der Waals surface area contributed by atoms with Gasteiger partial charge in [0, 0.05) is 25.7 Å². The van der Waals surface area contributed by atoms with E-state index >= 15 is 0 Å². The fraction of sp³-hybridized carbons (Fsp3) is 0.467. The molecule has 124 valence electrons. The number of nitrogens with one attached hydrogen (secondary N) is 1. The number of aryl methyl sites for hydroxylation is 1. The molecule has 0 bridgehead atoms. The minimum atomic E-state index is -3.60. The number of pyridine rings is 1. The number of hydrogen-bond acceptors (Lipinski definition) is 5. The van der Waals surface area contributed by atoms with E-state index in [1.165, 1.54) is 12.3 Å². The summed E-state index contributed by atoms with van der Waals surface area (Å²) in [7, 11) is -1.95. The van der Waals surface area contributed by atoms with Crippen molar-refractivity contribution in [2.45, 2.75) is 36.7 Å². The monoisotopic (exact) mass is 336 g/mol. The first-order valence-electron chi connectivity index (χ1n) is 7.57. The zero-order chi connectivity index (χ0) is 16.3. The highest BCUT2D eigenvalue weighted by molar-refractivity contribution is 7.89. The van der Waals surface area contributed by atoms with Crippen LogP contribution in [0.4, 0.5) is 0 Å². The van der Waals surface area contributed by atoms with Crippen molar-refractivity contribution in [2.24, 2.45) is 0 Å². The van der Waals surface area contributed by atoms with Crippen molar-refractivity contribution in [3.63, 3.8) is 0 Å². The third-order valence-corrected chi connectivity index (χ3v) is 5.36. The van der Waals surface area contributed by atoms with Gasteiger partial charge in [0.2, 0.25) is 10.0 Å². The Balaban J connectivity index is 1.82. The van der Waals surface area contributed by atoms with Crippen molar-refractivity contribution in [3.05, 3.63) is 42.0 Å². The standard InChI is InChI=1S/C15H20N4O3S/c1-22-9-8-19-11-12-4-2-6-14(15(12)17-19)18-23(20,21)13-5-3-7-16-10-13/h3,5,7,10-11,14,18H,2,4,6,8-9H2,1H3. The van der Waals surface area contributed by atoms with E-state index < -0.39 is 10.0 Å². The first kappa shape index (κ1) is 16.1. The maximum atomic E-state index is 12.5. The van der Waals surface area contributed by atoms with Crippen molar-refractivity contribution in [2.75, 3.05) is 13.7 Å². The van der Waals surface area contributed by atoms with Crippen LogP contribution in [-0.4, -0.2) is 36.9 Å². The molecule has 8 heteroatoms. The van der Waals surface area contributed by atoms with E-state index in [9.17, 15) is 8.42 Å². The first-order valence-corrected chi connectivity index (χ1v) is 9.06. The Bertz CT molecular complexity index is 758. The summed E-state index contributed by atoms with van der Waals surface area (Å²) < 4.78 is 34.6. The maximum Gasteiger partial charge on any atom is 0.242 e. The summed E-state index contributed by atoms with van der Waals surface area (Å²) in [6, 6.07) is 2.85. The van der Waals surface area contributed by atoms with E-state index in [4.69, 9.17) is 4.74 Å². The third kappa shape index (κ3) is 3.60. The van der Waals surface area contributed by atoms with Gasteiger partial charge in [0.25, 0.3) is 0 Å². The molecule has 0 fully saturated rings. The highest BCUT2D eigenvalue weighted by Gasteiger charge is 2.28. The second-order valence-electron chi connectivity index (χ2n) is 5.55. The molecule has 2 heterocycles. The highest BCUT2D eigenvalue weighted by Crippen LogP contribution is 2.29. The van der Waals surface area contributed by atoms with Crippen LogP contribution in [0.3, 0.4) is 0 Å². The van der Waals surface area contributed by atoms with Crippen LogP contribution in [0.15, 0.2) is 35.6 Å². The van der Waals surface area contributed by atoms with Crippen LogP contribution in [0, 0.1) is 0 Å². The van der Waals surface area contributed by atoms with Crippen molar-refractivity contribution in [1.82, 2.24) is 19.5 Å². The molecule has 0 radical (unpaired) electrons. The molecule has 0 saturated heterocycles. The Labute approximate surface area is 135 Å². The Morgan fingerprint density at radius 3 is 3.09 bits per heavy atom. The molecule has 1 aliphatic rings. The lowest BCUT2D eigenvalue weighted by Gasteiger charge is -2.22. The molecule has 1 unspecified atom stereocenters. The molecule has 23 heavy (non-hydrogen) atoms. The SMILES string of the molecule is COCCn1cc2c(n1)C(NS(=O)(=O)c1cccnc1)CCC2. The molecule has 3 rings (SSSR count). The fourth-order valence-corrected chi connectivity index (χ4v) is 3.97. The van der Waals surface area contributed by atoms with E-state index in [1.807, 2.05) is 10.9 Å². The van der Waals surface area contributed by atoms with Gasteiger partial charge >= 0.3 is 0 Å². The molecule has 1 N–H and O–H groups in total. The average Bonchev–Trinajstić information content (AvgIpc) is 2.98. The van der Waals surface area contributed by atoms with E-state index in [2.05, 4.69) is 14.8 Å². The highest BCUT2D eigenvalue weighted by atomic mass is 32.2. The van der Waals surface area contributed by atoms with Gasteiger partial charge in [-0.1, -0.05) is 0 Å². The van der Waals surface area contributed by atoms with Gasteiger partial charge in [-0.05, 0) is 37.0 Å². The molecule has 2 aromatic heterocycles.